The van der Waals surface area contributed by atoms with E-state index in [9.17, 15) is 19.7 Å². The van der Waals surface area contributed by atoms with Crippen molar-refractivity contribution in [3.05, 3.63) is 105 Å². The number of nitrogens with zero attached hydrogens (tertiary/aromatic N) is 2. The van der Waals surface area contributed by atoms with E-state index in [2.05, 4.69) is 0 Å². The van der Waals surface area contributed by atoms with Gasteiger partial charge in [-0.2, -0.15) is 0 Å². The summed E-state index contributed by atoms with van der Waals surface area (Å²) in [4.78, 5) is 37.4. The molecular formula is C26H22N2O6S. The molecule has 0 saturated carbocycles. The van der Waals surface area contributed by atoms with Gasteiger partial charge >= 0.3 is 0 Å². The van der Waals surface area contributed by atoms with Crippen molar-refractivity contribution >= 4 is 34.7 Å². The Labute approximate surface area is 206 Å². The highest BCUT2D eigenvalue weighted by atomic mass is 32.2. The molecule has 8 nitrogen and oxygen atoms in total. The van der Waals surface area contributed by atoms with Gasteiger partial charge in [0, 0.05) is 6.07 Å². The number of hydrogen-bond donors (Lipinski definition) is 0. The third kappa shape index (κ3) is 6.07. The van der Waals surface area contributed by atoms with Gasteiger partial charge in [-0.25, -0.2) is 0 Å². The second kappa shape index (κ2) is 10.9. The molecule has 1 fully saturated rings. The lowest BCUT2D eigenvalue weighted by molar-refractivity contribution is -0.385. The average Bonchev–Trinajstić information content (AvgIpc) is 3.10. The first kappa shape index (κ1) is 24.0. The Morgan fingerprint density at radius 2 is 1.71 bits per heavy atom. The fourth-order valence-corrected chi connectivity index (χ4v) is 4.34. The predicted octanol–water partition coefficient (Wildman–Crippen LogP) is 5.60. The Hall–Kier alpha value is -4.11. The van der Waals surface area contributed by atoms with Gasteiger partial charge < -0.3 is 9.47 Å². The molecule has 0 radical (unpaired) electrons. The summed E-state index contributed by atoms with van der Waals surface area (Å²) in [6.45, 7) is 2.33. The molecule has 35 heavy (non-hydrogen) atoms. The van der Waals surface area contributed by atoms with E-state index in [0.717, 1.165) is 17.3 Å². The molecule has 3 aromatic carbocycles. The lowest BCUT2D eigenvalue weighted by Crippen LogP contribution is -2.32. The highest BCUT2D eigenvalue weighted by Gasteiger charge is 2.34. The standard InChI is InChI=1S/C26H22N2O6S/c1-18-6-4-9-21(14-18)33-13-12-27-25(29)24(35-26(27)30)16-19-7-5-10-22(15-19)34-17-20-8-2-3-11-23(20)28(31)32/h2-11,14-16H,12-13,17H2,1H3/b24-16-. The van der Waals surface area contributed by atoms with Crippen molar-refractivity contribution in [2.45, 2.75) is 13.5 Å². The number of rotatable bonds is 9. The number of nitro groups is 1. The third-order valence-corrected chi connectivity index (χ3v) is 6.09. The van der Waals surface area contributed by atoms with Gasteiger partial charge in [0.1, 0.15) is 24.7 Å². The highest BCUT2D eigenvalue weighted by molar-refractivity contribution is 8.18. The highest BCUT2D eigenvalue weighted by Crippen LogP contribution is 2.32. The van der Waals surface area contributed by atoms with Gasteiger partial charge in [0.05, 0.1) is 21.9 Å². The van der Waals surface area contributed by atoms with Crippen LogP contribution in [0.4, 0.5) is 10.5 Å². The lowest BCUT2D eigenvalue weighted by atomic mass is 10.2. The Balaban J connectivity index is 1.39. The van der Waals surface area contributed by atoms with Crippen LogP contribution in [0.2, 0.25) is 0 Å². The van der Waals surface area contributed by atoms with Crippen LogP contribution in [0.3, 0.4) is 0 Å². The molecule has 3 aromatic rings. The van der Waals surface area contributed by atoms with Crippen molar-refractivity contribution in [3.8, 4) is 11.5 Å². The van der Waals surface area contributed by atoms with E-state index in [1.807, 2.05) is 31.2 Å². The first-order valence-corrected chi connectivity index (χ1v) is 11.6. The number of hydrogen-bond acceptors (Lipinski definition) is 7. The molecular weight excluding hydrogens is 468 g/mol. The number of benzene rings is 3. The van der Waals surface area contributed by atoms with Crippen LogP contribution < -0.4 is 9.47 Å². The molecule has 4 rings (SSSR count). The van der Waals surface area contributed by atoms with Crippen molar-refractivity contribution in [1.29, 1.82) is 0 Å². The molecule has 0 spiro atoms. The molecule has 0 atom stereocenters. The largest absolute Gasteiger partial charge is 0.492 e. The minimum absolute atomic E-state index is 0.0105. The molecule has 2 amide bonds. The predicted molar refractivity (Wildman–Crippen MR) is 133 cm³/mol. The molecule has 178 valence electrons. The van der Waals surface area contributed by atoms with Gasteiger partial charge in [-0.3, -0.25) is 24.6 Å². The number of imide groups is 1. The molecule has 1 heterocycles. The van der Waals surface area contributed by atoms with Crippen LogP contribution in [0.1, 0.15) is 16.7 Å². The van der Waals surface area contributed by atoms with E-state index < -0.39 is 4.92 Å². The number of carbonyl (C=O) groups excluding carboxylic acids is 2. The number of carbonyl (C=O) groups is 2. The Bertz CT molecular complexity index is 1310. The smallest absolute Gasteiger partial charge is 0.293 e. The summed E-state index contributed by atoms with van der Waals surface area (Å²) in [7, 11) is 0. The topological polar surface area (TPSA) is 99.0 Å². The molecule has 9 heteroatoms. The number of para-hydroxylation sites is 1. The van der Waals surface area contributed by atoms with E-state index in [1.54, 1.807) is 48.5 Å². The van der Waals surface area contributed by atoms with Gasteiger partial charge in [-0.05, 0) is 66.2 Å². The zero-order valence-electron chi connectivity index (χ0n) is 18.9. The number of thioether (sulfide) groups is 1. The number of amides is 2. The normalized spacial score (nSPS) is 14.4. The molecule has 0 N–H and O–H groups in total. The minimum Gasteiger partial charge on any atom is -0.492 e. The van der Waals surface area contributed by atoms with Crippen LogP contribution >= 0.6 is 11.8 Å². The van der Waals surface area contributed by atoms with Crippen LogP contribution in [-0.4, -0.2) is 34.1 Å². The average molecular weight is 491 g/mol. The fourth-order valence-electron chi connectivity index (χ4n) is 3.47. The number of aryl methyl sites for hydroxylation is 1. The van der Waals surface area contributed by atoms with Crippen LogP contribution in [0, 0.1) is 17.0 Å². The van der Waals surface area contributed by atoms with Crippen molar-refractivity contribution in [2.24, 2.45) is 0 Å². The van der Waals surface area contributed by atoms with Crippen LogP contribution in [0.15, 0.2) is 77.7 Å². The summed E-state index contributed by atoms with van der Waals surface area (Å²) in [5, 5.41) is 10.8. The van der Waals surface area contributed by atoms with E-state index in [1.165, 1.54) is 11.0 Å². The molecule has 1 aliphatic rings. The van der Waals surface area contributed by atoms with Crippen LogP contribution in [0.25, 0.3) is 6.08 Å². The first-order chi connectivity index (χ1) is 16.9. The van der Waals surface area contributed by atoms with Gasteiger partial charge in [0.25, 0.3) is 16.8 Å². The molecule has 0 aromatic heterocycles. The zero-order valence-corrected chi connectivity index (χ0v) is 19.7. The third-order valence-electron chi connectivity index (χ3n) is 5.19. The SMILES string of the molecule is Cc1cccc(OCCN2C(=O)S/C(=C\c3cccc(OCc4ccccc4[N+](=O)[O-])c3)C2=O)c1. The Kier molecular flexibility index (Phi) is 7.47. The van der Waals surface area contributed by atoms with Gasteiger partial charge in [-0.15, -0.1) is 0 Å². The molecule has 0 unspecified atom stereocenters. The van der Waals surface area contributed by atoms with E-state index in [-0.39, 0.29) is 36.6 Å². The Morgan fingerprint density at radius 3 is 2.49 bits per heavy atom. The maximum atomic E-state index is 12.8. The lowest BCUT2D eigenvalue weighted by Gasteiger charge is -2.13. The molecule has 1 saturated heterocycles. The van der Waals surface area contributed by atoms with E-state index in [4.69, 9.17) is 9.47 Å². The minimum atomic E-state index is -0.447. The fraction of sp³-hybridized carbons (Fsp3) is 0.154. The summed E-state index contributed by atoms with van der Waals surface area (Å²) < 4.78 is 11.4. The van der Waals surface area contributed by atoms with Crippen LogP contribution in [-0.2, 0) is 11.4 Å². The molecule has 0 bridgehead atoms. The van der Waals surface area contributed by atoms with Crippen LogP contribution in [0.5, 0.6) is 11.5 Å². The molecule has 0 aliphatic carbocycles. The number of nitro benzene ring substituents is 1. The maximum Gasteiger partial charge on any atom is 0.293 e. The van der Waals surface area contributed by atoms with E-state index >= 15 is 0 Å². The van der Waals surface area contributed by atoms with E-state index in [0.29, 0.717) is 27.5 Å². The molecule has 1 aliphatic heterocycles. The van der Waals surface area contributed by atoms with Crippen molar-refractivity contribution < 1.29 is 24.0 Å². The maximum absolute atomic E-state index is 12.8. The van der Waals surface area contributed by atoms with Gasteiger partial charge in [-0.1, -0.05) is 36.4 Å². The summed E-state index contributed by atoms with van der Waals surface area (Å²) in [6, 6.07) is 20.9. The van der Waals surface area contributed by atoms with Gasteiger partial charge in [0.2, 0.25) is 0 Å². The van der Waals surface area contributed by atoms with Gasteiger partial charge in [0.15, 0.2) is 0 Å². The van der Waals surface area contributed by atoms with Crippen molar-refractivity contribution in [3.63, 3.8) is 0 Å². The Morgan fingerprint density at radius 1 is 0.971 bits per heavy atom. The summed E-state index contributed by atoms with van der Waals surface area (Å²) in [5.41, 5.74) is 2.18. The number of ether oxygens (including phenoxy) is 2. The summed E-state index contributed by atoms with van der Waals surface area (Å²) >= 11 is 0.874. The second-order valence-electron chi connectivity index (χ2n) is 7.75. The summed E-state index contributed by atoms with van der Waals surface area (Å²) in [6.07, 6.45) is 1.63. The summed E-state index contributed by atoms with van der Waals surface area (Å²) in [5.74, 6) is 0.798. The quantitative estimate of drug-likeness (QED) is 0.219. The second-order valence-corrected chi connectivity index (χ2v) is 8.74. The van der Waals surface area contributed by atoms with Crippen molar-refractivity contribution in [1.82, 2.24) is 4.90 Å². The zero-order chi connectivity index (χ0) is 24.8. The monoisotopic (exact) mass is 490 g/mol. The van der Waals surface area contributed by atoms with Crippen molar-refractivity contribution in [2.75, 3.05) is 13.2 Å². The first-order valence-electron chi connectivity index (χ1n) is 10.8.